The Hall–Kier alpha value is -2.51. The largest absolute Gasteiger partial charge is 0.481 e. The van der Waals surface area contributed by atoms with E-state index in [-0.39, 0.29) is 18.0 Å². The molecule has 0 spiro atoms. The molecule has 2 rings (SSSR count). The van der Waals surface area contributed by atoms with Gasteiger partial charge in [0.2, 0.25) is 0 Å². The highest BCUT2D eigenvalue weighted by Crippen LogP contribution is 2.21. The molecule has 8 nitrogen and oxygen atoms in total. The van der Waals surface area contributed by atoms with E-state index in [1.54, 1.807) is 19.3 Å². The van der Waals surface area contributed by atoms with E-state index in [0.717, 1.165) is 0 Å². The van der Waals surface area contributed by atoms with Gasteiger partial charge < -0.3 is 9.67 Å². The van der Waals surface area contributed by atoms with E-state index in [2.05, 4.69) is 15.5 Å². The van der Waals surface area contributed by atoms with Crippen molar-refractivity contribution < 1.29 is 9.90 Å². The number of aromatic nitrogens is 5. The second-order valence-corrected chi connectivity index (χ2v) is 4.47. The SMILES string of the molecule is CCC(CC(=O)O)n1nnnc1-c1ccn(C)c(=O)c1. The molecule has 0 aliphatic heterocycles. The molecule has 0 radical (unpaired) electrons. The second kappa shape index (κ2) is 5.64. The van der Waals surface area contributed by atoms with Gasteiger partial charge in [0.25, 0.3) is 5.56 Å². The fourth-order valence-electron chi connectivity index (χ4n) is 1.92. The summed E-state index contributed by atoms with van der Waals surface area (Å²) in [5.74, 6) is -0.516. The number of hydrogen-bond acceptors (Lipinski definition) is 5. The molecule has 0 saturated carbocycles. The molecule has 0 amide bonds. The Bertz CT molecular complexity index is 676. The third kappa shape index (κ3) is 2.73. The van der Waals surface area contributed by atoms with E-state index < -0.39 is 5.97 Å². The highest BCUT2D eigenvalue weighted by atomic mass is 16.4. The lowest BCUT2D eigenvalue weighted by Gasteiger charge is -2.14. The van der Waals surface area contributed by atoms with Crippen molar-refractivity contribution in [1.82, 2.24) is 24.8 Å². The summed E-state index contributed by atoms with van der Waals surface area (Å²) < 4.78 is 2.90. The molecule has 0 aliphatic rings. The zero-order chi connectivity index (χ0) is 14.7. The molecular formula is C12H15N5O3. The molecule has 0 aliphatic carbocycles. The first kappa shape index (κ1) is 13.9. The molecule has 8 heteroatoms. The molecule has 2 aromatic rings. The van der Waals surface area contributed by atoms with Crippen molar-refractivity contribution in [2.45, 2.75) is 25.8 Å². The number of hydrogen-bond donors (Lipinski definition) is 1. The lowest BCUT2D eigenvalue weighted by molar-refractivity contribution is -0.138. The Morgan fingerprint density at radius 2 is 2.25 bits per heavy atom. The summed E-state index contributed by atoms with van der Waals surface area (Å²) in [6, 6.07) is 2.80. The van der Waals surface area contributed by atoms with E-state index in [9.17, 15) is 9.59 Å². The smallest absolute Gasteiger partial charge is 0.305 e. The fourth-order valence-corrected chi connectivity index (χ4v) is 1.92. The molecule has 0 saturated heterocycles. The summed E-state index contributed by atoms with van der Waals surface area (Å²) in [5.41, 5.74) is 0.394. The van der Waals surface area contributed by atoms with E-state index in [0.29, 0.717) is 17.8 Å². The molecule has 0 bridgehead atoms. The van der Waals surface area contributed by atoms with Crippen LogP contribution in [0.1, 0.15) is 25.8 Å². The average molecular weight is 277 g/mol. The van der Waals surface area contributed by atoms with Gasteiger partial charge in [-0.15, -0.1) is 5.10 Å². The molecule has 1 N–H and O–H groups in total. The maximum Gasteiger partial charge on any atom is 0.305 e. The Labute approximate surface area is 114 Å². The van der Waals surface area contributed by atoms with Gasteiger partial charge in [0, 0.05) is 24.9 Å². The van der Waals surface area contributed by atoms with Crippen LogP contribution in [0, 0.1) is 0 Å². The summed E-state index contributed by atoms with van der Waals surface area (Å²) in [6.07, 6.45) is 2.13. The summed E-state index contributed by atoms with van der Waals surface area (Å²) in [7, 11) is 1.65. The first-order valence-electron chi connectivity index (χ1n) is 6.19. The number of nitrogens with zero attached hydrogens (tertiary/aromatic N) is 5. The minimum absolute atomic E-state index is 0.0701. The Morgan fingerprint density at radius 1 is 1.50 bits per heavy atom. The van der Waals surface area contributed by atoms with Crippen molar-refractivity contribution in [3.8, 4) is 11.4 Å². The second-order valence-electron chi connectivity index (χ2n) is 4.47. The van der Waals surface area contributed by atoms with Gasteiger partial charge in [-0.05, 0) is 22.9 Å². The molecule has 1 unspecified atom stereocenters. The summed E-state index contributed by atoms with van der Waals surface area (Å²) in [6.45, 7) is 1.86. The van der Waals surface area contributed by atoms with Crippen molar-refractivity contribution >= 4 is 5.97 Å². The van der Waals surface area contributed by atoms with Crippen molar-refractivity contribution in [1.29, 1.82) is 0 Å². The molecule has 0 fully saturated rings. The van der Waals surface area contributed by atoms with E-state index in [4.69, 9.17) is 5.11 Å². The van der Waals surface area contributed by atoms with Crippen molar-refractivity contribution in [2.24, 2.45) is 7.05 Å². The van der Waals surface area contributed by atoms with Crippen LogP contribution < -0.4 is 5.56 Å². The normalized spacial score (nSPS) is 12.3. The molecular weight excluding hydrogens is 262 g/mol. The van der Waals surface area contributed by atoms with Crippen molar-refractivity contribution in [2.75, 3.05) is 0 Å². The number of rotatable bonds is 5. The van der Waals surface area contributed by atoms with Gasteiger partial charge in [-0.2, -0.15) is 0 Å². The van der Waals surface area contributed by atoms with Crippen LogP contribution in [0.25, 0.3) is 11.4 Å². The third-order valence-corrected chi connectivity index (χ3v) is 3.08. The summed E-state index contributed by atoms with van der Waals surface area (Å²) >= 11 is 0. The van der Waals surface area contributed by atoms with Crippen LogP contribution in [0.3, 0.4) is 0 Å². The first-order valence-corrected chi connectivity index (χ1v) is 6.19. The van der Waals surface area contributed by atoms with Gasteiger partial charge in [-0.3, -0.25) is 9.59 Å². The topological polar surface area (TPSA) is 103 Å². The standard InChI is InChI=1S/C12H15N5O3/c1-3-9(7-11(19)20)17-12(13-14-15-17)8-4-5-16(2)10(18)6-8/h4-6,9H,3,7H2,1-2H3,(H,19,20). The molecule has 2 heterocycles. The Balaban J connectivity index is 2.43. The maximum absolute atomic E-state index is 11.7. The highest BCUT2D eigenvalue weighted by molar-refractivity contribution is 5.67. The number of aliphatic carboxylic acids is 1. The van der Waals surface area contributed by atoms with Gasteiger partial charge in [-0.1, -0.05) is 6.92 Å². The van der Waals surface area contributed by atoms with Gasteiger partial charge in [-0.25, -0.2) is 4.68 Å². The zero-order valence-electron chi connectivity index (χ0n) is 11.2. The number of pyridine rings is 1. The minimum Gasteiger partial charge on any atom is -0.481 e. The van der Waals surface area contributed by atoms with Crippen LogP contribution in [-0.2, 0) is 11.8 Å². The van der Waals surface area contributed by atoms with Crippen LogP contribution in [0.4, 0.5) is 0 Å². The summed E-state index contributed by atoms with van der Waals surface area (Å²) in [5, 5.41) is 20.3. The van der Waals surface area contributed by atoms with E-state index in [1.807, 2.05) is 6.92 Å². The number of carboxylic acid groups (broad SMARTS) is 1. The van der Waals surface area contributed by atoms with Gasteiger partial charge in [0.05, 0.1) is 12.5 Å². The molecule has 106 valence electrons. The fraction of sp³-hybridized carbons (Fsp3) is 0.417. The maximum atomic E-state index is 11.7. The molecule has 20 heavy (non-hydrogen) atoms. The quantitative estimate of drug-likeness (QED) is 0.851. The summed E-state index contributed by atoms with van der Waals surface area (Å²) in [4.78, 5) is 22.5. The molecule has 2 aromatic heterocycles. The van der Waals surface area contributed by atoms with Crippen LogP contribution >= 0.6 is 0 Å². The Morgan fingerprint density at radius 3 is 2.85 bits per heavy atom. The predicted molar refractivity (Wildman–Crippen MR) is 70.1 cm³/mol. The van der Waals surface area contributed by atoms with Crippen LogP contribution in [0.2, 0.25) is 0 Å². The minimum atomic E-state index is -0.915. The van der Waals surface area contributed by atoms with Crippen molar-refractivity contribution in [3.05, 3.63) is 28.7 Å². The zero-order valence-corrected chi connectivity index (χ0v) is 11.2. The number of tetrazole rings is 1. The van der Waals surface area contributed by atoms with Crippen molar-refractivity contribution in [3.63, 3.8) is 0 Å². The van der Waals surface area contributed by atoms with E-state index in [1.165, 1.54) is 15.3 Å². The highest BCUT2D eigenvalue weighted by Gasteiger charge is 2.20. The average Bonchev–Trinajstić information content (AvgIpc) is 2.88. The van der Waals surface area contributed by atoms with E-state index >= 15 is 0 Å². The number of aryl methyl sites for hydroxylation is 1. The predicted octanol–water partition coefficient (Wildman–Crippen LogP) is 0.465. The lowest BCUT2D eigenvalue weighted by Crippen LogP contribution is -2.18. The Kier molecular flexibility index (Phi) is 3.92. The lowest BCUT2D eigenvalue weighted by atomic mass is 10.1. The number of carboxylic acids is 1. The van der Waals surface area contributed by atoms with Gasteiger partial charge >= 0.3 is 5.97 Å². The molecule has 1 atom stereocenters. The number of carbonyl (C=O) groups is 1. The monoisotopic (exact) mass is 277 g/mol. The van der Waals surface area contributed by atoms with Gasteiger partial charge in [0.1, 0.15) is 0 Å². The molecule has 0 aromatic carbocycles. The van der Waals surface area contributed by atoms with Gasteiger partial charge in [0.15, 0.2) is 5.82 Å². The first-order chi connectivity index (χ1) is 9.52. The van der Waals surface area contributed by atoms with Crippen LogP contribution in [0.5, 0.6) is 0 Å². The van der Waals surface area contributed by atoms with Crippen LogP contribution in [0.15, 0.2) is 23.1 Å². The van der Waals surface area contributed by atoms with Crippen LogP contribution in [-0.4, -0.2) is 35.9 Å². The third-order valence-electron chi connectivity index (χ3n) is 3.08.